The van der Waals surface area contributed by atoms with E-state index in [0.717, 1.165) is 5.56 Å². The van der Waals surface area contributed by atoms with Crippen molar-refractivity contribution in [3.8, 4) is 0 Å². The maximum Gasteiger partial charge on any atom is 0.222 e. The Hall–Kier alpha value is -1.20. The highest BCUT2D eigenvalue weighted by Crippen LogP contribution is 2.05. The second-order valence-corrected chi connectivity index (χ2v) is 6.72. The minimum atomic E-state index is -0.986. The van der Waals surface area contributed by atoms with Crippen LogP contribution in [0, 0.1) is 5.92 Å². The number of nitrogens with one attached hydrogen (secondary N) is 1. The highest BCUT2D eigenvalue weighted by atomic mass is 32.2. The summed E-state index contributed by atoms with van der Waals surface area (Å²) in [7, 11) is -0.986. The second kappa shape index (κ2) is 8.87. The van der Waals surface area contributed by atoms with Gasteiger partial charge in [0.15, 0.2) is 0 Å². The fraction of sp³-hybridized carbons (Fsp3) is 0.533. The molecule has 0 bridgehead atoms. The van der Waals surface area contributed by atoms with Crippen LogP contribution >= 0.6 is 0 Å². The lowest BCUT2D eigenvalue weighted by Crippen LogP contribution is -2.32. The molecule has 112 valence electrons. The Labute approximate surface area is 123 Å². The molecule has 0 heterocycles. The zero-order valence-electron chi connectivity index (χ0n) is 12.0. The summed E-state index contributed by atoms with van der Waals surface area (Å²) in [5.74, 6) is 0.805. The highest BCUT2D eigenvalue weighted by molar-refractivity contribution is 7.84. The van der Waals surface area contributed by atoms with Crippen LogP contribution in [0.2, 0.25) is 0 Å². The molecule has 2 atom stereocenters. The number of carbonyl (C=O) groups is 1. The Kier molecular flexibility index (Phi) is 7.47. The van der Waals surface area contributed by atoms with Crippen molar-refractivity contribution in [1.29, 1.82) is 0 Å². The lowest BCUT2D eigenvalue weighted by molar-refractivity contribution is -0.123. The lowest BCUT2D eigenvalue weighted by Gasteiger charge is -2.13. The SMILES string of the molecule is CC(C)C(O)CC(=O)NCCS(=O)Cc1ccccc1. The summed E-state index contributed by atoms with van der Waals surface area (Å²) in [4.78, 5) is 11.5. The van der Waals surface area contributed by atoms with Crippen molar-refractivity contribution in [2.24, 2.45) is 5.92 Å². The number of benzene rings is 1. The molecule has 0 spiro atoms. The van der Waals surface area contributed by atoms with Crippen LogP contribution in [0.15, 0.2) is 30.3 Å². The zero-order chi connectivity index (χ0) is 15.0. The van der Waals surface area contributed by atoms with Crippen LogP contribution in [0.25, 0.3) is 0 Å². The topological polar surface area (TPSA) is 66.4 Å². The van der Waals surface area contributed by atoms with Crippen LogP contribution < -0.4 is 5.32 Å². The molecule has 1 amide bonds. The van der Waals surface area contributed by atoms with E-state index in [1.807, 2.05) is 44.2 Å². The number of aliphatic hydroxyl groups is 1. The first-order chi connectivity index (χ1) is 9.49. The van der Waals surface area contributed by atoms with Gasteiger partial charge in [-0.3, -0.25) is 9.00 Å². The van der Waals surface area contributed by atoms with E-state index in [0.29, 0.717) is 18.1 Å². The quantitative estimate of drug-likeness (QED) is 0.763. The number of hydrogen-bond acceptors (Lipinski definition) is 3. The highest BCUT2D eigenvalue weighted by Gasteiger charge is 2.14. The van der Waals surface area contributed by atoms with Crippen molar-refractivity contribution in [1.82, 2.24) is 5.32 Å². The molecule has 2 unspecified atom stereocenters. The summed E-state index contributed by atoms with van der Waals surface area (Å²) < 4.78 is 11.8. The fourth-order valence-electron chi connectivity index (χ4n) is 1.63. The Morgan fingerprint density at radius 1 is 1.30 bits per heavy atom. The van der Waals surface area contributed by atoms with E-state index >= 15 is 0 Å². The van der Waals surface area contributed by atoms with Gasteiger partial charge in [0.25, 0.3) is 0 Å². The van der Waals surface area contributed by atoms with Gasteiger partial charge in [-0.2, -0.15) is 0 Å². The molecule has 0 aliphatic rings. The molecule has 0 fully saturated rings. The lowest BCUT2D eigenvalue weighted by atomic mass is 10.0. The first-order valence-electron chi connectivity index (χ1n) is 6.82. The monoisotopic (exact) mass is 297 g/mol. The third-order valence-electron chi connectivity index (χ3n) is 2.99. The molecule has 1 rings (SSSR count). The normalized spacial score (nSPS) is 14.0. The number of amides is 1. The van der Waals surface area contributed by atoms with Crippen molar-refractivity contribution >= 4 is 16.7 Å². The van der Waals surface area contributed by atoms with Gasteiger partial charge in [-0.25, -0.2) is 0 Å². The van der Waals surface area contributed by atoms with Crippen LogP contribution in [0.5, 0.6) is 0 Å². The predicted molar refractivity (Wildman–Crippen MR) is 81.6 cm³/mol. The van der Waals surface area contributed by atoms with E-state index < -0.39 is 16.9 Å². The van der Waals surface area contributed by atoms with Crippen LogP contribution in [-0.2, 0) is 21.3 Å². The molecule has 1 aromatic carbocycles. The average molecular weight is 297 g/mol. The van der Waals surface area contributed by atoms with Crippen molar-refractivity contribution < 1.29 is 14.1 Å². The Morgan fingerprint density at radius 2 is 1.95 bits per heavy atom. The van der Waals surface area contributed by atoms with Crippen LogP contribution in [-0.4, -0.2) is 33.6 Å². The number of aliphatic hydroxyl groups excluding tert-OH is 1. The molecular formula is C15H23NO3S. The van der Waals surface area contributed by atoms with Gasteiger partial charge < -0.3 is 10.4 Å². The molecule has 1 aromatic rings. The second-order valence-electron chi connectivity index (χ2n) is 5.14. The minimum absolute atomic E-state index is 0.0629. The van der Waals surface area contributed by atoms with Crippen molar-refractivity contribution in [3.63, 3.8) is 0 Å². The summed E-state index contributed by atoms with van der Waals surface area (Å²) in [6.07, 6.45) is -0.520. The van der Waals surface area contributed by atoms with Crippen molar-refractivity contribution in [2.75, 3.05) is 12.3 Å². The summed E-state index contributed by atoms with van der Waals surface area (Å²) in [5.41, 5.74) is 1.03. The van der Waals surface area contributed by atoms with Crippen LogP contribution in [0.4, 0.5) is 0 Å². The molecule has 4 nitrogen and oxygen atoms in total. The van der Waals surface area contributed by atoms with Gasteiger partial charge in [-0.15, -0.1) is 0 Å². The number of rotatable bonds is 8. The van der Waals surface area contributed by atoms with Gasteiger partial charge in [-0.05, 0) is 11.5 Å². The van der Waals surface area contributed by atoms with Gasteiger partial charge >= 0.3 is 0 Å². The first kappa shape index (κ1) is 16.9. The number of hydrogen-bond donors (Lipinski definition) is 2. The average Bonchev–Trinajstić information content (AvgIpc) is 2.39. The molecular weight excluding hydrogens is 274 g/mol. The van der Waals surface area contributed by atoms with E-state index in [1.54, 1.807) is 0 Å². The van der Waals surface area contributed by atoms with Gasteiger partial charge in [0.05, 0.1) is 12.5 Å². The molecule has 2 N–H and O–H groups in total. The third-order valence-corrected chi connectivity index (χ3v) is 4.30. The van der Waals surface area contributed by atoms with Gasteiger partial charge in [-0.1, -0.05) is 44.2 Å². The van der Waals surface area contributed by atoms with E-state index in [-0.39, 0.29) is 18.2 Å². The first-order valence-corrected chi connectivity index (χ1v) is 8.31. The van der Waals surface area contributed by atoms with Gasteiger partial charge in [0.2, 0.25) is 5.91 Å². The third kappa shape index (κ3) is 6.82. The summed E-state index contributed by atoms with van der Waals surface area (Å²) in [6.45, 7) is 4.11. The largest absolute Gasteiger partial charge is 0.392 e. The molecule has 0 radical (unpaired) electrons. The maximum absolute atomic E-state index is 11.8. The molecule has 0 saturated carbocycles. The molecule has 20 heavy (non-hydrogen) atoms. The van der Waals surface area contributed by atoms with E-state index in [2.05, 4.69) is 5.32 Å². The fourth-order valence-corrected chi connectivity index (χ4v) is 2.67. The van der Waals surface area contributed by atoms with E-state index in [9.17, 15) is 14.1 Å². The Morgan fingerprint density at radius 3 is 2.55 bits per heavy atom. The van der Waals surface area contributed by atoms with Crippen molar-refractivity contribution in [3.05, 3.63) is 35.9 Å². The molecule has 5 heteroatoms. The van der Waals surface area contributed by atoms with Crippen LogP contribution in [0.1, 0.15) is 25.8 Å². The molecule has 0 saturated heterocycles. The molecule has 0 aliphatic heterocycles. The molecule has 0 aromatic heterocycles. The summed E-state index contributed by atoms with van der Waals surface area (Å²) >= 11 is 0. The molecule has 0 aliphatic carbocycles. The van der Waals surface area contributed by atoms with Gasteiger partial charge in [0.1, 0.15) is 0 Å². The predicted octanol–water partition coefficient (Wildman–Crippen LogP) is 1.46. The van der Waals surface area contributed by atoms with Crippen LogP contribution in [0.3, 0.4) is 0 Å². The Balaban J connectivity index is 2.20. The maximum atomic E-state index is 11.8. The van der Waals surface area contributed by atoms with Crippen molar-refractivity contribution in [2.45, 2.75) is 32.1 Å². The minimum Gasteiger partial charge on any atom is -0.392 e. The van der Waals surface area contributed by atoms with E-state index in [1.165, 1.54) is 0 Å². The smallest absolute Gasteiger partial charge is 0.222 e. The summed E-state index contributed by atoms with van der Waals surface area (Å²) in [5, 5.41) is 12.3. The zero-order valence-corrected chi connectivity index (χ0v) is 12.9. The van der Waals surface area contributed by atoms with E-state index in [4.69, 9.17) is 0 Å². The van der Waals surface area contributed by atoms with Gasteiger partial charge in [0, 0.05) is 28.9 Å². The standard InChI is InChI=1S/C15H23NO3S/c1-12(2)14(17)10-15(18)16-8-9-20(19)11-13-6-4-3-5-7-13/h3-7,12,14,17H,8-11H2,1-2H3,(H,16,18). The Bertz CT molecular complexity index is 434. The summed E-state index contributed by atoms with van der Waals surface area (Å²) in [6, 6.07) is 9.64. The number of carbonyl (C=O) groups excluding carboxylic acids is 1.